The molecule has 2 rings (SSSR count). The van der Waals surface area contributed by atoms with Crippen LogP contribution in [0.15, 0.2) is 24.4 Å². The summed E-state index contributed by atoms with van der Waals surface area (Å²) < 4.78 is 21.0. The van der Waals surface area contributed by atoms with Crippen molar-refractivity contribution >= 4 is 11.6 Å². The van der Waals surface area contributed by atoms with Gasteiger partial charge in [-0.2, -0.15) is 5.10 Å². The summed E-state index contributed by atoms with van der Waals surface area (Å²) in [5, 5.41) is 7.62. The van der Waals surface area contributed by atoms with Crippen molar-refractivity contribution in [2.45, 2.75) is 25.9 Å². The Kier molecular flexibility index (Phi) is 5.20. The molecule has 1 heterocycles. The van der Waals surface area contributed by atoms with Gasteiger partial charge in [-0.15, -0.1) is 0 Å². The summed E-state index contributed by atoms with van der Waals surface area (Å²) in [6, 6.07) is 4.50. The molecule has 1 N–H and O–H groups in total. The van der Waals surface area contributed by atoms with E-state index in [9.17, 15) is 4.39 Å². The van der Waals surface area contributed by atoms with E-state index in [1.807, 2.05) is 4.68 Å². The van der Waals surface area contributed by atoms with Crippen molar-refractivity contribution in [3.05, 3.63) is 46.5 Å². The van der Waals surface area contributed by atoms with Crippen LogP contribution in [0.25, 0.3) is 0 Å². The summed E-state index contributed by atoms with van der Waals surface area (Å²) in [4.78, 5) is 0. The second-order valence-electron chi connectivity index (χ2n) is 4.69. The number of hydrogen-bond acceptors (Lipinski definition) is 3. The van der Waals surface area contributed by atoms with E-state index < -0.39 is 5.82 Å². The number of ether oxygens (including phenoxy) is 1. The second-order valence-corrected chi connectivity index (χ2v) is 5.06. The standard InChI is InChI=1S/C15H19ClFN3O/c1-4-8-20-15(12(21-3)9-19-20)14(18-2)10-6-5-7-11(17)13(10)16/h5-7,9,14,18H,4,8H2,1-3H3. The maximum Gasteiger partial charge on any atom is 0.161 e. The first-order valence-corrected chi connectivity index (χ1v) is 7.22. The van der Waals surface area contributed by atoms with Gasteiger partial charge >= 0.3 is 0 Å². The van der Waals surface area contributed by atoms with Crippen molar-refractivity contribution in [1.29, 1.82) is 0 Å². The van der Waals surface area contributed by atoms with Crippen LogP contribution in [0.4, 0.5) is 4.39 Å². The molecule has 114 valence electrons. The van der Waals surface area contributed by atoms with Gasteiger partial charge in [-0.1, -0.05) is 30.7 Å². The van der Waals surface area contributed by atoms with Crippen LogP contribution in [0.1, 0.15) is 30.6 Å². The number of benzene rings is 1. The Labute approximate surface area is 128 Å². The molecule has 2 aromatic rings. The Morgan fingerprint density at radius 1 is 1.48 bits per heavy atom. The van der Waals surface area contributed by atoms with E-state index in [4.69, 9.17) is 16.3 Å². The Bertz CT molecular complexity index is 615. The lowest BCUT2D eigenvalue weighted by Crippen LogP contribution is -2.23. The third kappa shape index (κ3) is 3.04. The monoisotopic (exact) mass is 311 g/mol. The molecule has 0 radical (unpaired) electrons. The first kappa shape index (κ1) is 15.8. The van der Waals surface area contributed by atoms with E-state index >= 15 is 0 Å². The molecule has 0 aliphatic carbocycles. The maximum atomic E-state index is 13.7. The highest BCUT2D eigenvalue weighted by atomic mass is 35.5. The van der Waals surface area contributed by atoms with Gasteiger partial charge in [0.05, 0.1) is 24.4 Å². The quantitative estimate of drug-likeness (QED) is 0.888. The molecule has 0 aliphatic heterocycles. The molecule has 6 heteroatoms. The van der Waals surface area contributed by atoms with Gasteiger partial charge in [-0.05, 0) is 25.1 Å². The van der Waals surface area contributed by atoms with Gasteiger partial charge in [0.2, 0.25) is 0 Å². The molecule has 0 bridgehead atoms. The number of nitrogens with zero attached hydrogens (tertiary/aromatic N) is 2. The molecule has 1 atom stereocenters. The van der Waals surface area contributed by atoms with E-state index in [-0.39, 0.29) is 11.1 Å². The van der Waals surface area contributed by atoms with Crippen molar-refractivity contribution in [3.8, 4) is 5.75 Å². The van der Waals surface area contributed by atoms with Gasteiger partial charge in [0.25, 0.3) is 0 Å². The lowest BCUT2D eigenvalue weighted by molar-refractivity contribution is 0.400. The SMILES string of the molecule is CCCn1ncc(OC)c1C(NC)c1cccc(F)c1Cl. The fourth-order valence-corrected chi connectivity index (χ4v) is 2.63. The van der Waals surface area contributed by atoms with Crippen LogP contribution in [0, 0.1) is 5.82 Å². The lowest BCUT2D eigenvalue weighted by Gasteiger charge is -2.21. The zero-order valence-electron chi connectivity index (χ0n) is 12.4. The van der Waals surface area contributed by atoms with Crippen LogP contribution in [0.5, 0.6) is 5.75 Å². The summed E-state index contributed by atoms with van der Waals surface area (Å²) >= 11 is 6.12. The highest BCUT2D eigenvalue weighted by molar-refractivity contribution is 6.31. The van der Waals surface area contributed by atoms with Crippen molar-refractivity contribution in [2.75, 3.05) is 14.2 Å². The van der Waals surface area contributed by atoms with Crippen LogP contribution in [-0.2, 0) is 6.54 Å². The van der Waals surface area contributed by atoms with Crippen LogP contribution in [-0.4, -0.2) is 23.9 Å². The van der Waals surface area contributed by atoms with E-state index in [2.05, 4.69) is 17.3 Å². The average Bonchev–Trinajstić information content (AvgIpc) is 2.88. The predicted molar refractivity (Wildman–Crippen MR) is 81.4 cm³/mol. The van der Waals surface area contributed by atoms with Gasteiger partial charge < -0.3 is 10.1 Å². The molecule has 0 spiro atoms. The normalized spacial score (nSPS) is 12.4. The Hall–Kier alpha value is -1.59. The van der Waals surface area contributed by atoms with Crippen molar-refractivity contribution < 1.29 is 9.13 Å². The van der Waals surface area contributed by atoms with Crippen LogP contribution in [0.3, 0.4) is 0 Å². The highest BCUT2D eigenvalue weighted by Crippen LogP contribution is 2.34. The van der Waals surface area contributed by atoms with E-state index in [0.717, 1.165) is 18.7 Å². The molecule has 1 aromatic heterocycles. The van der Waals surface area contributed by atoms with Crippen LogP contribution >= 0.6 is 11.6 Å². The average molecular weight is 312 g/mol. The first-order chi connectivity index (χ1) is 10.1. The van der Waals surface area contributed by atoms with Gasteiger partial charge in [-0.3, -0.25) is 4.68 Å². The smallest absolute Gasteiger partial charge is 0.161 e. The Morgan fingerprint density at radius 3 is 2.86 bits per heavy atom. The molecule has 0 saturated heterocycles. The minimum Gasteiger partial charge on any atom is -0.493 e. The minimum absolute atomic E-state index is 0.114. The topological polar surface area (TPSA) is 39.1 Å². The number of hydrogen-bond donors (Lipinski definition) is 1. The van der Waals surface area contributed by atoms with Gasteiger partial charge in [0.15, 0.2) is 5.75 Å². The summed E-state index contributed by atoms with van der Waals surface area (Å²) in [5.41, 5.74) is 1.50. The predicted octanol–water partition coefficient (Wildman–Crippen LogP) is 3.40. The number of rotatable bonds is 6. The van der Waals surface area contributed by atoms with E-state index in [1.54, 1.807) is 32.5 Å². The molecule has 0 fully saturated rings. The van der Waals surface area contributed by atoms with Gasteiger partial charge in [-0.25, -0.2) is 4.39 Å². The third-order valence-electron chi connectivity index (χ3n) is 3.35. The van der Waals surface area contributed by atoms with Crippen LogP contribution in [0.2, 0.25) is 5.02 Å². The number of methoxy groups -OCH3 is 1. The highest BCUT2D eigenvalue weighted by Gasteiger charge is 2.25. The third-order valence-corrected chi connectivity index (χ3v) is 3.75. The Morgan fingerprint density at radius 2 is 2.24 bits per heavy atom. The summed E-state index contributed by atoms with van der Waals surface area (Å²) in [7, 11) is 3.39. The molecular weight excluding hydrogens is 293 g/mol. The minimum atomic E-state index is -0.435. The molecule has 1 unspecified atom stereocenters. The lowest BCUT2D eigenvalue weighted by atomic mass is 10.0. The van der Waals surface area contributed by atoms with Gasteiger partial charge in [0.1, 0.15) is 11.5 Å². The van der Waals surface area contributed by atoms with Crippen molar-refractivity contribution in [2.24, 2.45) is 0 Å². The fraction of sp³-hybridized carbons (Fsp3) is 0.400. The van der Waals surface area contributed by atoms with Crippen molar-refractivity contribution in [1.82, 2.24) is 15.1 Å². The molecule has 0 saturated carbocycles. The number of nitrogens with one attached hydrogen (secondary N) is 1. The molecular formula is C15H19ClFN3O. The van der Waals surface area contributed by atoms with Gasteiger partial charge in [0, 0.05) is 6.54 Å². The second kappa shape index (κ2) is 6.91. The number of aryl methyl sites for hydroxylation is 1. The number of aromatic nitrogens is 2. The van der Waals surface area contributed by atoms with Crippen LogP contribution < -0.4 is 10.1 Å². The van der Waals surface area contributed by atoms with Crippen molar-refractivity contribution in [3.63, 3.8) is 0 Å². The molecule has 0 amide bonds. The molecule has 21 heavy (non-hydrogen) atoms. The molecule has 0 aliphatic rings. The maximum absolute atomic E-state index is 13.7. The fourth-order valence-electron chi connectivity index (χ4n) is 2.40. The largest absolute Gasteiger partial charge is 0.493 e. The van der Waals surface area contributed by atoms with E-state index in [1.165, 1.54) is 6.07 Å². The molecule has 4 nitrogen and oxygen atoms in total. The first-order valence-electron chi connectivity index (χ1n) is 6.84. The zero-order valence-corrected chi connectivity index (χ0v) is 13.1. The number of halogens is 2. The molecule has 1 aromatic carbocycles. The van der Waals surface area contributed by atoms with E-state index in [0.29, 0.717) is 11.3 Å². The summed E-state index contributed by atoms with van der Waals surface area (Å²) in [5.74, 6) is 0.220. The zero-order chi connectivity index (χ0) is 15.4. The Balaban J connectivity index is 2.55. The summed E-state index contributed by atoms with van der Waals surface area (Å²) in [6.07, 6.45) is 2.60. The summed E-state index contributed by atoms with van der Waals surface area (Å²) in [6.45, 7) is 2.82.